The Morgan fingerprint density at radius 3 is 2.04 bits per heavy atom. The number of nitrogens with zero attached hydrogens (tertiary/aromatic N) is 1. The van der Waals surface area contributed by atoms with Crippen LogP contribution in [-0.4, -0.2) is 4.37 Å². The minimum Gasteiger partial charge on any atom is -0.200 e. The molecule has 2 heteroatoms. The Kier molecular flexibility index (Phi) is 4.92. The van der Waals surface area contributed by atoms with Crippen molar-refractivity contribution < 1.29 is 0 Å². The number of aromatic nitrogens is 1. The third-order valence-electron chi connectivity index (χ3n) is 4.47. The number of hydrogen-bond acceptors (Lipinski definition) is 2. The summed E-state index contributed by atoms with van der Waals surface area (Å²) in [5, 5.41) is 0. The van der Waals surface area contributed by atoms with Gasteiger partial charge in [-0.3, -0.25) is 0 Å². The summed E-state index contributed by atoms with van der Waals surface area (Å²) in [6, 6.07) is 15.3. The molecule has 0 aliphatic heterocycles. The van der Waals surface area contributed by atoms with Crippen molar-refractivity contribution in [3.05, 3.63) is 65.4 Å². The smallest absolute Gasteiger partial charge is 0.0628 e. The third-order valence-corrected chi connectivity index (χ3v) is 5.32. The molecule has 0 radical (unpaired) electrons. The van der Waals surface area contributed by atoms with Crippen molar-refractivity contribution in [1.29, 1.82) is 0 Å². The number of hydrogen-bond donors (Lipinski definition) is 0. The van der Waals surface area contributed by atoms with Gasteiger partial charge in [0.05, 0.1) is 4.88 Å². The normalized spacial score (nSPS) is 10.9. The van der Waals surface area contributed by atoms with Gasteiger partial charge in [-0.15, -0.1) is 0 Å². The Morgan fingerprint density at radius 1 is 0.826 bits per heavy atom. The first kappa shape index (κ1) is 15.9. The second-order valence-electron chi connectivity index (χ2n) is 5.77. The van der Waals surface area contributed by atoms with Crippen molar-refractivity contribution >= 4 is 11.5 Å². The Labute approximate surface area is 143 Å². The molecule has 1 heterocycles. The minimum absolute atomic E-state index is 1.09. The van der Waals surface area contributed by atoms with E-state index in [0.717, 1.165) is 19.3 Å². The van der Waals surface area contributed by atoms with Crippen LogP contribution in [0.25, 0.3) is 21.6 Å². The summed E-state index contributed by atoms with van der Waals surface area (Å²) < 4.78 is 4.47. The molecular weight excluding hydrogens is 298 g/mol. The third kappa shape index (κ3) is 3.09. The van der Waals surface area contributed by atoms with Crippen LogP contribution in [0.5, 0.6) is 0 Å². The van der Waals surface area contributed by atoms with Gasteiger partial charge in [0.25, 0.3) is 0 Å². The van der Waals surface area contributed by atoms with Crippen LogP contribution in [-0.2, 0) is 19.3 Å². The van der Waals surface area contributed by atoms with Gasteiger partial charge in [0.1, 0.15) is 0 Å². The molecule has 0 aliphatic carbocycles. The fraction of sp³-hybridized carbons (Fsp3) is 0.286. The van der Waals surface area contributed by atoms with Crippen LogP contribution in [0.4, 0.5) is 0 Å². The molecule has 0 bridgehead atoms. The van der Waals surface area contributed by atoms with E-state index in [2.05, 4.69) is 67.6 Å². The summed E-state index contributed by atoms with van der Waals surface area (Å²) in [7, 11) is 0. The van der Waals surface area contributed by atoms with Crippen LogP contribution < -0.4 is 0 Å². The van der Waals surface area contributed by atoms with Crippen molar-refractivity contribution in [1.82, 2.24) is 4.37 Å². The lowest BCUT2D eigenvalue weighted by Gasteiger charge is -2.14. The standard InChI is InChI=1S/C21H23NS/c1-4-15-12-18(13-16(5-2)19(15)6-3)21-20(14-22-23-21)17-10-8-7-9-11-17/h7-14H,4-6H2,1-3H3. The summed E-state index contributed by atoms with van der Waals surface area (Å²) in [5.41, 5.74) is 8.29. The number of rotatable bonds is 5. The lowest BCUT2D eigenvalue weighted by atomic mass is 9.91. The molecule has 23 heavy (non-hydrogen) atoms. The molecule has 0 amide bonds. The number of aryl methyl sites for hydroxylation is 2. The predicted octanol–water partition coefficient (Wildman–Crippen LogP) is 6.16. The van der Waals surface area contributed by atoms with E-state index < -0.39 is 0 Å². The van der Waals surface area contributed by atoms with E-state index in [4.69, 9.17) is 0 Å². The van der Waals surface area contributed by atoms with E-state index in [0.29, 0.717) is 0 Å². The van der Waals surface area contributed by atoms with E-state index in [9.17, 15) is 0 Å². The largest absolute Gasteiger partial charge is 0.200 e. The van der Waals surface area contributed by atoms with Gasteiger partial charge in [0.2, 0.25) is 0 Å². The summed E-state index contributed by atoms with van der Waals surface area (Å²) in [6.07, 6.45) is 5.29. The zero-order valence-corrected chi connectivity index (χ0v) is 14.9. The quantitative estimate of drug-likeness (QED) is 0.548. The summed E-state index contributed by atoms with van der Waals surface area (Å²) in [5.74, 6) is 0. The zero-order valence-electron chi connectivity index (χ0n) is 14.1. The molecule has 3 rings (SSSR count). The molecule has 0 saturated carbocycles. The van der Waals surface area contributed by atoms with Crippen molar-refractivity contribution in [3.8, 4) is 21.6 Å². The molecular formula is C21H23NS. The minimum atomic E-state index is 1.09. The van der Waals surface area contributed by atoms with Gasteiger partial charge in [-0.05, 0) is 70.7 Å². The highest BCUT2D eigenvalue weighted by atomic mass is 32.1. The van der Waals surface area contributed by atoms with Crippen LogP contribution in [0.1, 0.15) is 37.5 Å². The maximum Gasteiger partial charge on any atom is 0.0628 e. The van der Waals surface area contributed by atoms with Crippen LogP contribution in [0.2, 0.25) is 0 Å². The molecule has 2 aromatic carbocycles. The van der Waals surface area contributed by atoms with Crippen LogP contribution >= 0.6 is 11.5 Å². The molecule has 0 unspecified atom stereocenters. The Balaban J connectivity index is 2.15. The van der Waals surface area contributed by atoms with Crippen molar-refractivity contribution in [3.63, 3.8) is 0 Å². The maximum atomic E-state index is 4.47. The van der Waals surface area contributed by atoms with Crippen LogP contribution in [0.3, 0.4) is 0 Å². The van der Waals surface area contributed by atoms with Crippen LogP contribution in [0, 0.1) is 0 Å². The van der Waals surface area contributed by atoms with Gasteiger partial charge < -0.3 is 0 Å². The summed E-state index contributed by atoms with van der Waals surface area (Å²) in [4.78, 5) is 1.28. The first-order valence-electron chi connectivity index (χ1n) is 8.43. The van der Waals surface area contributed by atoms with Gasteiger partial charge in [-0.1, -0.05) is 51.1 Å². The predicted molar refractivity (Wildman–Crippen MR) is 101 cm³/mol. The van der Waals surface area contributed by atoms with E-state index in [-0.39, 0.29) is 0 Å². The van der Waals surface area contributed by atoms with E-state index >= 15 is 0 Å². The second-order valence-corrected chi connectivity index (χ2v) is 6.57. The maximum absolute atomic E-state index is 4.47. The molecule has 0 spiro atoms. The monoisotopic (exact) mass is 321 g/mol. The van der Waals surface area contributed by atoms with Gasteiger partial charge in [0, 0.05) is 11.8 Å². The molecule has 0 fully saturated rings. The Hall–Kier alpha value is -1.93. The fourth-order valence-corrected chi connectivity index (χ4v) is 4.04. The topological polar surface area (TPSA) is 12.9 Å². The van der Waals surface area contributed by atoms with Crippen LogP contribution in [0.15, 0.2) is 48.7 Å². The molecule has 118 valence electrons. The first-order valence-corrected chi connectivity index (χ1v) is 9.20. The van der Waals surface area contributed by atoms with Gasteiger partial charge >= 0.3 is 0 Å². The molecule has 1 aromatic heterocycles. The first-order chi connectivity index (χ1) is 11.3. The second kappa shape index (κ2) is 7.10. The van der Waals surface area contributed by atoms with E-state index in [1.807, 2.05) is 6.20 Å². The SMILES string of the molecule is CCc1cc(-c2sncc2-c2ccccc2)cc(CC)c1CC. The highest BCUT2D eigenvalue weighted by Gasteiger charge is 2.14. The molecule has 0 aliphatic rings. The molecule has 0 saturated heterocycles. The zero-order chi connectivity index (χ0) is 16.2. The Bertz CT molecular complexity index is 762. The average Bonchev–Trinajstić information content (AvgIpc) is 3.10. The molecule has 1 nitrogen and oxygen atoms in total. The highest BCUT2D eigenvalue weighted by molar-refractivity contribution is 7.10. The van der Waals surface area contributed by atoms with Gasteiger partial charge in [-0.25, -0.2) is 0 Å². The molecule has 0 atom stereocenters. The lowest BCUT2D eigenvalue weighted by Crippen LogP contribution is -1.98. The van der Waals surface area contributed by atoms with Gasteiger partial charge in [0.15, 0.2) is 0 Å². The fourth-order valence-electron chi connectivity index (χ4n) is 3.28. The summed E-state index contributed by atoms with van der Waals surface area (Å²) >= 11 is 1.60. The highest BCUT2D eigenvalue weighted by Crippen LogP contribution is 2.37. The lowest BCUT2D eigenvalue weighted by molar-refractivity contribution is 0.983. The Morgan fingerprint density at radius 2 is 1.48 bits per heavy atom. The van der Waals surface area contributed by atoms with E-state index in [1.54, 1.807) is 11.5 Å². The van der Waals surface area contributed by atoms with Gasteiger partial charge in [-0.2, -0.15) is 4.37 Å². The summed E-state index contributed by atoms with van der Waals surface area (Å²) in [6.45, 7) is 6.76. The molecule has 0 N–H and O–H groups in total. The van der Waals surface area contributed by atoms with E-state index in [1.165, 1.54) is 38.3 Å². The number of benzene rings is 2. The van der Waals surface area contributed by atoms with Crippen molar-refractivity contribution in [2.24, 2.45) is 0 Å². The van der Waals surface area contributed by atoms with Crippen molar-refractivity contribution in [2.75, 3.05) is 0 Å². The molecule has 3 aromatic rings. The average molecular weight is 321 g/mol. The van der Waals surface area contributed by atoms with Crippen molar-refractivity contribution in [2.45, 2.75) is 40.0 Å².